The van der Waals surface area contributed by atoms with E-state index in [9.17, 15) is 6.85 Å². The summed E-state index contributed by atoms with van der Waals surface area (Å²) in [5, 5.41) is 2.06. The number of hydrogen-bond acceptors (Lipinski definition) is 1. The third-order valence-electron chi connectivity index (χ3n) is 12.3. The van der Waals surface area contributed by atoms with Gasteiger partial charge in [-0.3, -0.25) is 0 Å². The van der Waals surface area contributed by atoms with Crippen LogP contribution in [0.4, 0.5) is 17.1 Å². The predicted molar refractivity (Wildman–Crippen MR) is 256 cm³/mol. The molecule has 2 nitrogen and oxygen atoms in total. The smallest absolute Gasteiger partial charge is 0.0720 e. The number of rotatable bonds is 7. The van der Waals surface area contributed by atoms with Crippen LogP contribution in [0, 0.1) is 0 Å². The zero-order valence-corrected chi connectivity index (χ0v) is 32.9. The van der Waals surface area contributed by atoms with Crippen LogP contribution in [0.25, 0.3) is 60.5 Å². The predicted octanol–water partition coefficient (Wildman–Crippen LogP) is 15.4. The van der Waals surface area contributed by atoms with Gasteiger partial charge >= 0.3 is 0 Å². The molecule has 0 amide bonds. The van der Waals surface area contributed by atoms with Gasteiger partial charge in [0, 0.05) is 33.5 Å². The van der Waals surface area contributed by atoms with E-state index in [2.05, 4.69) is 125 Å². The van der Waals surface area contributed by atoms with Gasteiger partial charge in [0.25, 0.3) is 0 Å². The highest BCUT2D eigenvalue weighted by Gasteiger charge is 2.47. The first-order valence-corrected chi connectivity index (χ1v) is 20.5. The minimum absolute atomic E-state index is 0.0573. The van der Waals surface area contributed by atoms with Crippen molar-refractivity contribution >= 4 is 49.6 Å². The maximum absolute atomic E-state index is 10.0. The van der Waals surface area contributed by atoms with Crippen LogP contribution in [0.5, 0.6) is 0 Å². The fourth-order valence-corrected chi connectivity index (χ4v) is 9.75. The van der Waals surface area contributed by atoms with E-state index in [1.165, 1.54) is 0 Å². The highest BCUT2D eigenvalue weighted by Crippen LogP contribution is 2.58. The summed E-state index contributed by atoms with van der Waals surface area (Å²) in [5.74, 6) is 0. The first kappa shape index (κ1) is 28.5. The Kier molecular flexibility index (Phi) is 6.59. The van der Waals surface area contributed by atoms with E-state index in [0.717, 1.165) is 83.5 Å². The number of anilines is 3. The number of hydrogen-bond donors (Lipinski definition) is 0. The molecule has 286 valence electrons. The molecular formula is C59H40N2. The minimum Gasteiger partial charge on any atom is -0.310 e. The van der Waals surface area contributed by atoms with Crippen LogP contribution in [-0.4, -0.2) is 4.57 Å². The van der Waals surface area contributed by atoms with Gasteiger partial charge in [0.2, 0.25) is 0 Å². The highest BCUT2D eigenvalue weighted by atomic mass is 15.1. The number of benzene rings is 10. The number of fused-ring (bicyclic) bond motifs is 7. The molecule has 0 bridgehead atoms. The second kappa shape index (κ2) is 14.1. The SMILES string of the molecule is [2H]c1c([2H])c([2H])c2c(C3(c4ccc5c6ccccc6n(-c6ccccc6)c5c4)c4ccccc4-c4cc(N(c5ccccc5)c5ccc(-c6ccccc6)cc5)ccc43)c([2H])c([2H])c([2H])c2c1[2H]. The van der Waals surface area contributed by atoms with Crippen LogP contribution >= 0.6 is 0 Å². The molecule has 11 aromatic rings. The van der Waals surface area contributed by atoms with Crippen molar-refractivity contribution in [1.29, 1.82) is 0 Å². The van der Waals surface area contributed by atoms with Gasteiger partial charge in [-0.05, 0) is 116 Å². The molecule has 1 aromatic heterocycles. The lowest BCUT2D eigenvalue weighted by Gasteiger charge is -2.35. The molecule has 0 spiro atoms. The normalized spacial score (nSPS) is 15.9. The van der Waals surface area contributed by atoms with Gasteiger partial charge in [-0.25, -0.2) is 0 Å². The van der Waals surface area contributed by atoms with E-state index in [4.69, 9.17) is 2.74 Å². The maximum Gasteiger partial charge on any atom is 0.0720 e. The summed E-state index contributed by atoms with van der Waals surface area (Å²) in [4.78, 5) is 2.22. The average Bonchev–Trinajstić information content (AvgIpc) is 3.87. The summed E-state index contributed by atoms with van der Waals surface area (Å²) in [7, 11) is 0. The minimum atomic E-state index is -1.41. The number of aromatic nitrogens is 1. The summed E-state index contributed by atoms with van der Waals surface area (Å²) < 4.78 is 67.3. The van der Waals surface area contributed by atoms with E-state index >= 15 is 0 Å². The summed E-state index contributed by atoms with van der Waals surface area (Å²) in [6, 6.07) is 65.5. The average molecular weight is 784 g/mol. The van der Waals surface area contributed by atoms with E-state index in [0.29, 0.717) is 0 Å². The topological polar surface area (TPSA) is 8.17 Å². The molecule has 2 heteroatoms. The van der Waals surface area contributed by atoms with Gasteiger partial charge in [-0.1, -0.05) is 182 Å². The van der Waals surface area contributed by atoms with Crippen molar-refractivity contribution in [1.82, 2.24) is 4.57 Å². The Morgan fingerprint density at radius 1 is 0.393 bits per heavy atom. The van der Waals surface area contributed by atoms with E-state index in [-0.39, 0.29) is 28.4 Å². The lowest BCUT2D eigenvalue weighted by atomic mass is 9.66. The first-order chi connectivity index (χ1) is 33.2. The molecule has 1 unspecified atom stereocenters. The molecule has 0 radical (unpaired) electrons. The van der Waals surface area contributed by atoms with E-state index < -0.39 is 35.6 Å². The molecule has 61 heavy (non-hydrogen) atoms. The van der Waals surface area contributed by atoms with Crippen LogP contribution in [0.2, 0.25) is 0 Å². The fraction of sp³-hybridized carbons (Fsp3) is 0.0169. The third kappa shape index (κ3) is 5.43. The monoisotopic (exact) mass is 783 g/mol. The third-order valence-corrected chi connectivity index (χ3v) is 12.3. The molecule has 1 atom stereocenters. The molecule has 0 N–H and O–H groups in total. The summed E-state index contributed by atoms with van der Waals surface area (Å²) in [5.41, 5.74) is 10.8. The molecule has 1 aliphatic carbocycles. The summed E-state index contributed by atoms with van der Waals surface area (Å²) in [6.45, 7) is 0. The summed E-state index contributed by atoms with van der Waals surface area (Å²) in [6.07, 6.45) is 0. The van der Waals surface area contributed by atoms with Crippen molar-refractivity contribution in [2.75, 3.05) is 4.90 Å². The van der Waals surface area contributed by atoms with Crippen LogP contribution in [0.1, 0.15) is 31.8 Å². The maximum atomic E-state index is 10.0. The van der Waals surface area contributed by atoms with Crippen LogP contribution in [0.15, 0.2) is 242 Å². The number of nitrogens with zero attached hydrogens (tertiary/aromatic N) is 2. The molecule has 0 aliphatic heterocycles. The molecular weight excluding hydrogens is 737 g/mol. The van der Waals surface area contributed by atoms with E-state index in [1.54, 1.807) is 0 Å². The Morgan fingerprint density at radius 2 is 1.02 bits per heavy atom. The molecule has 10 aromatic carbocycles. The van der Waals surface area contributed by atoms with Crippen LogP contribution in [0.3, 0.4) is 0 Å². The Hall–Kier alpha value is -7.94. The summed E-state index contributed by atoms with van der Waals surface area (Å²) >= 11 is 0. The lowest BCUT2D eigenvalue weighted by molar-refractivity contribution is 0.777. The Balaban J connectivity index is 1.20. The fourth-order valence-electron chi connectivity index (χ4n) is 9.75. The van der Waals surface area contributed by atoms with Crippen molar-refractivity contribution < 1.29 is 9.60 Å². The highest BCUT2D eigenvalue weighted by molar-refractivity contribution is 6.10. The van der Waals surface area contributed by atoms with Gasteiger partial charge < -0.3 is 9.47 Å². The van der Waals surface area contributed by atoms with Crippen LogP contribution < -0.4 is 4.90 Å². The van der Waals surface area contributed by atoms with Crippen molar-refractivity contribution in [2.45, 2.75) is 5.41 Å². The first-order valence-electron chi connectivity index (χ1n) is 24.0. The van der Waals surface area contributed by atoms with Crippen molar-refractivity contribution in [3.05, 3.63) is 265 Å². The second-order valence-corrected chi connectivity index (χ2v) is 15.5. The van der Waals surface area contributed by atoms with Crippen molar-refractivity contribution in [2.24, 2.45) is 0 Å². The standard InChI is InChI=1S/C59H40N2/c1-4-17-41(18-5-1)42-31-34-47(35-32-42)60(45-21-6-2-7-22-45)48-36-38-56-53(40-48)50-26-12-14-28-55(50)59(56,54-29-16-20-43-19-10-11-25-49(43)54)44-33-37-52-51-27-13-15-30-57(51)61(58(52)39-44)46-23-8-3-9-24-46/h1-40H/i10D,11D,16D,19D,20D,25D,29D. The Labute approximate surface area is 365 Å². The van der Waals surface area contributed by atoms with Crippen molar-refractivity contribution in [3.8, 4) is 27.9 Å². The molecule has 1 aliphatic rings. The largest absolute Gasteiger partial charge is 0.310 e. The molecule has 0 saturated heterocycles. The molecule has 12 rings (SSSR count). The molecule has 1 heterocycles. The number of para-hydroxylation sites is 3. The van der Waals surface area contributed by atoms with Gasteiger partial charge in [0.15, 0.2) is 0 Å². The van der Waals surface area contributed by atoms with Crippen molar-refractivity contribution in [3.63, 3.8) is 0 Å². The van der Waals surface area contributed by atoms with Crippen LogP contribution in [-0.2, 0) is 5.41 Å². The zero-order chi connectivity index (χ0) is 46.4. The van der Waals surface area contributed by atoms with E-state index in [1.807, 2.05) is 84.9 Å². The quantitative estimate of drug-likeness (QED) is 0.156. The Morgan fingerprint density at radius 3 is 1.85 bits per heavy atom. The lowest BCUT2D eigenvalue weighted by Crippen LogP contribution is -2.29. The van der Waals surface area contributed by atoms with Gasteiger partial charge in [0.1, 0.15) is 0 Å². The van der Waals surface area contributed by atoms with Gasteiger partial charge in [0.05, 0.1) is 26.0 Å². The zero-order valence-electron chi connectivity index (χ0n) is 39.9. The molecule has 0 fully saturated rings. The van der Waals surface area contributed by atoms with Gasteiger partial charge in [-0.15, -0.1) is 0 Å². The second-order valence-electron chi connectivity index (χ2n) is 15.5. The van der Waals surface area contributed by atoms with Gasteiger partial charge in [-0.2, -0.15) is 0 Å². The Bertz CT molecular complexity index is 3810. The molecule has 0 saturated carbocycles.